The van der Waals surface area contributed by atoms with Gasteiger partial charge in [-0.25, -0.2) is 8.42 Å². The molecular weight excluding hydrogens is 442 g/mol. The Balaban J connectivity index is 1.80. The molecule has 2 aromatic rings. The van der Waals surface area contributed by atoms with Gasteiger partial charge in [0.2, 0.25) is 10.0 Å². The molecule has 0 radical (unpaired) electrons. The van der Waals surface area contributed by atoms with Crippen molar-refractivity contribution in [2.24, 2.45) is 0 Å². The van der Waals surface area contributed by atoms with Crippen LogP contribution in [-0.4, -0.2) is 45.4 Å². The van der Waals surface area contributed by atoms with E-state index in [9.17, 15) is 18.5 Å². The maximum Gasteiger partial charge on any atom is 0.266 e. The van der Waals surface area contributed by atoms with Crippen LogP contribution in [0.2, 0.25) is 0 Å². The third-order valence-corrected chi connectivity index (χ3v) is 7.10. The van der Waals surface area contributed by atoms with Crippen molar-refractivity contribution < 1.29 is 22.7 Å². The number of nitrogens with zero attached hydrogens (tertiary/aromatic N) is 2. The fourth-order valence-electron chi connectivity index (χ4n) is 3.55. The number of carbonyl (C=O) groups is 1. The lowest BCUT2D eigenvalue weighted by molar-refractivity contribution is -0.112. The highest BCUT2D eigenvalue weighted by atomic mass is 32.2. The van der Waals surface area contributed by atoms with E-state index < -0.39 is 15.9 Å². The van der Waals surface area contributed by atoms with E-state index in [1.807, 2.05) is 13.0 Å². The predicted molar refractivity (Wildman–Crippen MR) is 125 cm³/mol. The summed E-state index contributed by atoms with van der Waals surface area (Å²) in [5.74, 6) is 0.406. The maximum atomic E-state index is 12.9. The van der Waals surface area contributed by atoms with Gasteiger partial charge < -0.3 is 14.8 Å². The molecule has 1 aliphatic heterocycles. The normalized spacial score (nSPS) is 14.9. The Bertz CT molecular complexity index is 1180. The van der Waals surface area contributed by atoms with Gasteiger partial charge in [-0.2, -0.15) is 9.57 Å². The van der Waals surface area contributed by atoms with Crippen LogP contribution in [0.5, 0.6) is 11.5 Å². The average molecular weight is 470 g/mol. The Kier molecular flexibility index (Phi) is 8.09. The first-order valence-electron chi connectivity index (χ1n) is 10.7. The summed E-state index contributed by atoms with van der Waals surface area (Å²) >= 11 is 0. The smallest absolute Gasteiger partial charge is 0.266 e. The summed E-state index contributed by atoms with van der Waals surface area (Å²) in [7, 11) is -2.13. The first kappa shape index (κ1) is 24.3. The van der Waals surface area contributed by atoms with Crippen LogP contribution in [0.25, 0.3) is 6.08 Å². The van der Waals surface area contributed by atoms with Crippen LogP contribution in [0.1, 0.15) is 31.7 Å². The number of sulfonamides is 1. The van der Waals surface area contributed by atoms with Gasteiger partial charge >= 0.3 is 0 Å². The van der Waals surface area contributed by atoms with E-state index in [4.69, 9.17) is 9.47 Å². The maximum absolute atomic E-state index is 12.9. The second kappa shape index (κ2) is 11.0. The van der Waals surface area contributed by atoms with Gasteiger partial charge in [-0.3, -0.25) is 4.79 Å². The highest BCUT2D eigenvalue weighted by molar-refractivity contribution is 7.89. The summed E-state index contributed by atoms with van der Waals surface area (Å²) in [5, 5.41) is 12.1. The molecular formula is C24H27N3O5S. The van der Waals surface area contributed by atoms with Crippen molar-refractivity contribution in [1.29, 1.82) is 5.26 Å². The quantitative estimate of drug-likeness (QED) is 0.465. The van der Waals surface area contributed by atoms with Crippen LogP contribution < -0.4 is 14.8 Å². The van der Waals surface area contributed by atoms with Gasteiger partial charge in [-0.05, 0) is 61.7 Å². The molecule has 0 unspecified atom stereocenters. The number of amides is 1. The fraction of sp³-hybridized carbons (Fsp3) is 0.333. The van der Waals surface area contributed by atoms with Crippen molar-refractivity contribution in [3.8, 4) is 17.6 Å². The van der Waals surface area contributed by atoms with Crippen LogP contribution in [-0.2, 0) is 14.8 Å². The number of hydrogen-bond acceptors (Lipinski definition) is 6. The van der Waals surface area contributed by atoms with Gasteiger partial charge in [0.15, 0.2) is 11.5 Å². The summed E-state index contributed by atoms with van der Waals surface area (Å²) < 4.78 is 38.1. The van der Waals surface area contributed by atoms with Crippen LogP contribution in [0, 0.1) is 11.3 Å². The van der Waals surface area contributed by atoms with Crippen molar-refractivity contribution >= 4 is 27.7 Å². The number of nitriles is 1. The van der Waals surface area contributed by atoms with E-state index in [0.717, 1.165) is 19.3 Å². The van der Waals surface area contributed by atoms with E-state index in [0.29, 0.717) is 42.4 Å². The third-order valence-electron chi connectivity index (χ3n) is 5.21. The molecule has 8 nitrogen and oxygen atoms in total. The van der Waals surface area contributed by atoms with Crippen LogP contribution in [0.15, 0.2) is 52.9 Å². The lowest BCUT2D eigenvalue weighted by Gasteiger charge is -2.26. The predicted octanol–water partition coefficient (Wildman–Crippen LogP) is 3.81. The lowest BCUT2D eigenvalue weighted by Crippen LogP contribution is -2.35. The molecule has 1 amide bonds. The number of benzene rings is 2. The van der Waals surface area contributed by atoms with E-state index in [2.05, 4.69) is 5.32 Å². The first-order valence-corrected chi connectivity index (χ1v) is 12.2. The summed E-state index contributed by atoms with van der Waals surface area (Å²) in [5.41, 5.74) is 0.748. The molecule has 1 N–H and O–H groups in total. The molecule has 1 aliphatic rings. The molecule has 174 valence electrons. The summed E-state index contributed by atoms with van der Waals surface area (Å²) in [4.78, 5) is 12.8. The Morgan fingerprint density at radius 1 is 1.15 bits per heavy atom. The molecule has 0 aliphatic carbocycles. The molecule has 0 bridgehead atoms. The zero-order valence-corrected chi connectivity index (χ0v) is 19.5. The van der Waals surface area contributed by atoms with Crippen LogP contribution in [0.3, 0.4) is 0 Å². The molecule has 33 heavy (non-hydrogen) atoms. The number of nitrogens with one attached hydrogen (secondary N) is 1. The minimum Gasteiger partial charge on any atom is -0.493 e. The van der Waals surface area contributed by atoms with Crippen molar-refractivity contribution in [2.45, 2.75) is 31.1 Å². The average Bonchev–Trinajstić information content (AvgIpc) is 2.84. The molecule has 1 fully saturated rings. The van der Waals surface area contributed by atoms with Crippen molar-refractivity contribution in [1.82, 2.24) is 4.31 Å². The fourth-order valence-corrected chi connectivity index (χ4v) is 5.11. The topological polar surface area (TPSA) is 109 Å². The van der Waals surface area contributed by atoms with Gasteiger partial charge in [0, 0.05) is 18.8 Å². The highest BCUT2D eigenvalue weighted by Crippen LogP contribution is 2.29. The summed E-state index contributed by atoms with van der Waals surface area (Å²) in [6.45, 7) is 3.32. The molecule has 0 aromatic heterocycles. The Morgan fingerprint density at radius 3 is 2.58 bits per heavy atom. The number of anilines is 1. The van der Waals surface area contributed by atoms with Crippen LogP contribution in [0.4, 0.5) is 5.69 Å². The van der Waals surface area contributed by atoms with Crippen LogP contribution >= 0.6 is 0 Å². The monoisotopic (exact) mass is 469 g/mol. The van der Waals surface area contributed by atoms with Gasteiger partial charge in [-0.15, -0.1) is 0 Å². The zero-order valence-electron chi connectivity index (χ0n) is 18.7. The van der Waals surface area contributed by atoms with E-state index in [-0.39, 0.29) is 10.5 Å². The zero-order chi connectivity index (χ0) is 23.8. The molecule has 0 atom stereocenters. The van der Waals surface area contributed by atoms with Gasteiger partial charge in [0.05, 0.1) is 18.6 Å². The SMILES string of the molecule is CCOc1ccc(/C=C(\C#N)C(=O)Nc2cccc(S(=O)(=O)N3CCCCC3)c2)cc1OC. The van der Waals surface area contributed by atoms with Gasteiger partial charge in [0.25, 0.3) is 5.91 Å². The van der Waals surface area contributed by atoms with Crippen molar-refractivity contribution in [3.63, 3.8) is 0 Å². The second-order valence-corrected chi connectivity index (χ2v) is 9.40. The van der Waals surface area contributed by atoms with E-state index >= 15 is 0 Å². The Labute approximate surface area is 194 Å². The first-order chi connectivity index (χ1) is 15.9. The standard InChI is InChI=1S/C24H27N3O5S/c1-3-32-22-11-10-18(15-23(22)31-2)14-19(17-25)24(28)26-20-8-7-9-21(16-20)33(29,30)27-12-5-4-6-13-27/h7-11,14-16H,3-6,12-13H2,1-2H3,(H,26,28)/b19-14+. The number of ether oxygens (including phenoxy) is 2. The third kappa shape index (κ3) is 5.92. The minimum atomic E-state index is -3.63. The number of hydrogen-bond donors (Lipinski definition) is 1. The summed E-state index contributed by atoms with van der Waals surface area (Å²) in [6.07, 6.45) is 4.12. The number of rotatable bonds is 8. The molecule has 1 saturated heterocycles. The molecule has 3 rings (SSSR count). The van der Waals surface area contributed by atoms with Gasteiger partial charge in [0.1, 0.15) is 11.6 Å². The molecule has 2 aromatic carbocycles. The Hall–Kier alpha value is -3.35. The molecule has 1 heterocycles. The highest BCUT2D eigenvalue weighted by Gasteiger charge is 2.26. The van der Waals surface area contributed by atoms with E-state index in [1.54, 1.807) is 30.3 Å². The van der Waals surface area contributed by atoms with Crippen molar-refractivity contribution in [3.05, 3.63) is 53.6 Å². The molecule has 0 spiro atoms. The second-order valence-electron chi connectivity index (χ2n) is 7.46. The molecule has 9 heteroatoms. The lowest BCUT2D eigenvalue weighted by atomic mass is 10.1. The largest absolute Gasteiger partial charge is 0.493 e. The number of methoxy groups -OCH3 is 1. The molecule has 0 saturated carbocycles. The van der Waals surface area contributed by atoms with Crippen molar-refractivity contribution in [2.75, 3.05) is 32.1 Å². The minimum absolute atomic E-state index is 0.112. The summed E-state index contributed by atoms with van der Waals surface area (Å²) in [6, 6.07) is 13.1. The number of carbonyl (C=O) groups excluding carboxylic acids is 1. The Morgan fingerprint density at radius 2 is 1.91 bits per heavy atom. The van der Waals surface area contributed by atoms with E-state index in [1.165, 1.54) is 29.6 Å². The number of piperidine rings is 1. The van der Waals surface area contributed by atoms with Gasteiger partial charge in [-0.1, -0.05) is 18.6 Å².